The standard InChI is InChI=1S/C16H20N2O2/c1-11-6-4-5-7-14(11)18-16(19)10-17-13(3)15-9-8-12(2)20-15/h4-9,13,17H,10H2,1-3H3,(H,18,19). The Balaban J connectivity index is 1.85. The third-order valence-electron chi connectivity index (χ3n) is 3.18. The second kappa shape index (κ2) is 6.39. The minimum Gasteiger partial charge on any atom is -0.465 e. The maximum absolute atomic E-state index is 11.9. The lowest BCUT2D eigenvalue weighted by atomic mass is 10.2. The van der Waals surface area contributed by atoms with Gasteiger partial charge in [0.1, 0.15) is 11.5 Å². The minimum absolute atomic E-state index is 0.00585. The minimum atomic E-state index is -0.0607. The molecule has 4 nitrogen and oxygen atoms in total. The van der Waals surface area contributed by atoms with Gasteiger partial charge in [-0.05, 0) is 44.5 Å². The van der Waals surface area contributed by atoms with Crippen LogP contribution in [0, 0.1) is 13.8 Å². The fourth-order valence-corrected chi connectivity index (χ4v) is 1.94. The lowest BCUT2D eigenvalue weighted by Gasteiger charge is -2.12. The summed E-state index contributed by atoms with van der Waals surface area (Å²) in [4.78, 5) is 11.9. The number of carbonyl (C=O) groups excluding carboxylic acids is 1. The molecule has 0 saturated heterocycles. The van der Waals surface area contributed by atoms with Crippen molar-refractivity contribution in [1.29, 1.82) is 0 Å². The Morgan fingerprint density at radius 2 is 1.95 bits per heavy atom. The highest BCUT2D eigenvalue weighted by Crippen LogP contribution is 2.15. The van der Waals surface area contributed by atoms with E-state index in [9.17, 15) is 4.79 Å². The lowest BCUT2D eigenvalue weighted by molar-refractivity contribution is -0.115. The number of nitrogens with one attached hydrogen (secondary N) is 2. The molecule has 20 heavy (non-hydrogen) atoms. The van der Waals surface area contributed by atoms with E-state index in [1.54, 1.807) is 0 Å². The zero-order chi connectivity index (χ0) is 14.5. The number of anilines is 1. The van der Waals surface area contributed by atoms with Crippen molar-refractivity contribution in [3.05, 3.63) is 53.5 Å². The summed E-state index contributed by atoms with van der Waals surface area (Å²) in [6.07, 6.45) is 0. The van der Waals surface area contributed by atoms with E-state index in [2.05, 4.69) is 10.6 Å². The van der Waals surface area contributed by atoms with Crippen LogP contribution in [0.2, 0.25) is 0 Å². The molecule has 0 spiro atoms. The SMILES string of the molecule is Cc1ccc(C(C)NCC(=O)Nc2ccccc2C)o1. The summed E-state index contributed by atoms with van der Waals surface area (Å²) < 4.78 is 5.52. The summed E-state index contributed by atoms with van der Waals surface area (Å²) in [6, 6.07) is 11.6. The highest BCUT2D eigenvalue weighted by molar-refractivity contribution is 5.92. The van der Waals surface area contributed by atoms with E-state index >= 15 is 0 Å². The van der Waals surface area contributed by atoms with Gasteiger partial charge in [-0.2, -0.15) is 0 Å². The molecule has 4 heteroatoms. The van der Waals surface area contributed by atoms with Crippen LogP contribution >= 0.6 is 0 Å². The molecule has 1 amide bonds. The van der Waals surface area contributed by atoms with Crippen LogP contribution in [0.1, 0.15) is 30.0 Å². The zero-order valence-corrected chi connectivity index (χ0v) is 12.1. The summed E-state index contributed by atoms with van der Waals surface area (Å²) in [6.45, 7) is 6.09. The number of amides is 1. The molecular formula is C16H20N2O2. The Morgan fingerprint density at radius 3 is 2.60 bits per heavy atom. The summed E-state index contributed by atoms with van der Waals surface area (Å²) in [5.41, 5.74) is 1.90. The molecule has 2 N–H and O–H groups in total. The average molecular weight is 272 g/mol. The van der Waals surface area contributed by atoms with E-state index < -0.39 is 0 Å². The summed E-state index contributed by atoms with van der Waals surface area (Å²) in [5, 5.41) is 6.04. The number of rotatable bonds is 5. The summed E-state index contributed by atoms with van der Waals surface area (Å²) in [5.74, 6) is 1.65. The van der Waals surface area contributed by atoms with E-state index in [-0.39, 0.29) is 18.5 Å². The first kappa shape index (κ1) is 14.3. The van der Waals surface area contributed by atoms with Crippen molar-refractivity contribution in [2.45, 2.75) is 26.8 Å². The molecule has 0 aliphatic rings. The third-order valence-corrected chi connectivity index (χ3v) is 3.18. The quantitative estimate of drug-likeness (QED) is 0.879. The first-order valence-electron chi connectivity index (χ1n) is 6.71. The predicted molar refractivity (Wildman–Crippen MR) is 79.7 cm³/mol. The topological polar surface area (TPSA) is 54.3 Å². The van der Waals surface area contributed by atoms with Gasteiger partial charge in [0, 0.05) is 5.69 Å². The molecule has 1 aromatic carbocycles. The normalized spacial score (nSPS) is 12.2. The molecule has 2 aromatic rings. The fraction of sp³-hybridized carbons (Fsp3) is 0.312. The molecule has 0 bridgehead atoms. The van der Waals surface area contributed by atoms with Crippen LogP contribution in [-0.4, -0.2) is 12.5 Å². The van der Waals surface area contributed by atoms with Gasteiger partial charge in [0.25, 0.3) is 0 Å². The van der Waals surface area contributed by atoms with Gasteiger partial charge >= 0.3 is 0 Å². The number of para-hydroxylation sites is 1. The second-order valence-corrected chi connectivity index (χ2v) is 4.91. The maximum Gasteiger partial charge on any atom is 0.238 e. The van der Waals surface area contributed by atoms with Crippen LogP contribution in [0.15, 0.2) is 40.8 Å². The number of hydrogen-bond acceptors (Lipinski definition) is 3. The Labute approximate surface area is 119 Å². The Morgan fingerprint density at radius 1 is 1.20 bits per heavy atom. The van der Waals surface area contributed by atoms with E-state index in [4.69, 9.17) is 4.42 Å². The molecule has 106 valence electrons. The van der Waals surface area contributed by atoms with Gasteiger partial charge in [-0.3, -0.25) is 10.1 Å². The fourth-order valence-electron chi connectivity index (χ4n) is 1.94. The van der Waals surface area contributed by atoms with E-state index in [0.717, 1.165) is 22.8 Å². The van der Waals surface area contributed by atoms with Crippen molar-refractivity contribution in [2.75, 3.05) is 11.9 Å². The largest absolute Gasteiger partial charge is 0.465 e. The van der Waals surface area contributed by atoms with Crippen LogP contribution in [0.5, 0.6) is 0 Å². The first-order valence-corrected chi connectivity index (χ1v) is 6.71. The summed E-state index contributed by atoms with van der Waals surface area (Å²) >= 11 is 0. The van der Waals surface area contributed by atoms with Gasteiger partial charge in [-0.25, -0.2) is 0 Å². The molecule has 1 aromatic heterocycles. The van der Waals surface area contributed by atoms with E-state index in [1.165, 1.54) is 0 Å². The van der Waals surface area contributed by atoms with E-state index in [0.29, 0.717) is 0 Å². The van der Waals surface area contributed by atoms with Gasteiger partial charge in [-0.1, -0.05) is 18.2 Å². The maximum atomic E-state index is 11.9. The van der Waals surface area contributed by atoms with Crippen LogP contribution in [0.4, 0.5) is 5.69 Å². The molecule has 0 aliphatic heterocycles. The van der Waals surface area contributed by atoms with Gasteiger partial charge < -0.3 is 9.73 Å². The first-order chi connectivity index (χ1) is 9.56. The molecule has 1 unspecified atom stereocenters. The smallest absolute Gasteiger partial charge is 0.238 e. The van der Waals surface area contributed by atoms with Crippen molar-refractivity contribution >= 4 is 11.6 Å². The van der Waals surface area contributed by atoms with Crippen LogP contribution in [0.25, 0.3) is 0 Å². The van der Waals surface area contributed by atoms with Crippen molar-refractivity contribution in [2.24, 2.45) is 0 Å². The molecular weight excluding hydrogens is 252 g/mol. The number of furan rings is 1. The molecule has 0 radical (unpaired) electrons. The molecule has 1 atom stereocenters. The molecule has 1 heterocycles. The van der Waals surface area contributed by atoms with Crippen molar-refractivity contribution in [3.8, 4) is 0 Å². The molecule has 0 fully saturated rings. The van der Waals surface area contributed by atoms with Gasteiger partial charge in [0.2, 0.25) is 5.91 Å². The number of hydrogen-bond donors (Lipinski definition) is 2. The van der Waals surface area contributed by atoms with Crippen molar-refractivity contribution in [3.63, 3.8) is 0 Å². The number of carbonyl (C=O) groups is 1. The lowest BCUT2D eigenvalue weighted by Crippen LogP contribution is -2.30. The predicted octanol–water partition coefficient (Wildman–Crippen LogP) is 3.19. The highest BCUT2D eigenvalue weighted by Gasteiger charge is 2.11. The number of aryl methyl sites for hydroxylation is 2. The van der Waals surface area contributed by atoms with Gasteiger partial charge in [-0.15, -0.1) is 0 Å². The van der Waals surface area contributed by atoms with Crippen molar-refractivity contribution in [1.82, 2.24) is 5.32 Å². The molecule has 0 saturated carbocycles. The Bertz CT molecular complexity index is 590. The van der Waals surface area contributed by atoms with Gasteiger partial charge in [0.05, 0.1) is 12.6 Å². The van der Waals surface area contributed by atoms with Gasteiger partial charge in [0.15, 0.2) is 0 Å². The monoisotopic (exact) mass is 272 g/mol. The third kappa shape index (κ3) is 3.71. The van der Waals surface area contributed by atoms with Crippen LogP contribution < -0.4 is 10.6 Å². The highest BCUT2D eigenvalue weighted by atomic mass is 16.3. The van der Waals surface area contributed by atoms with Crippen LogP contribution in [-0.2, 0) is 4.79 Å². The average Bonchev–Trinajstić information content (AvgIpc) is 2.85. The second-order valence-electron chi connectivity index (χ2n) is 4.91. The Hall–Kier alpha value is -2.07. The van der Waals surface area contributed by atoms with E-state index in [1.807, 2.05) is 57.2 Å². The number of benzene rings is 1. The Kier molecular flexibility index (Phi) is 4.58. The van der Waals surface area contributed by atoms with Crippen molar-refractivity contribution < 1.29 is 9.21 Å². The molecule has 2 rings (SSSR count). The molecule has 0 aliphatic carbocycles. The zero-order valence-electron chi connectivity index (χ0n) is 12.1. The van der Waals surface area contributed by atoms with Crippen LogP contribution in [0.3, 0.4) is 0 Å². The summed E-state index contributed by atoms with van der Waals surface area (Å²) in [7, 11) is 0.